The lowest BCUT2D eigenvalue weighted by atomic mass is 10.2. The highest BCUT2D eigenvalue weighted by Crippen LogP contribution is 2.22. The predicted octanol–water partition coefficient (Wildman–Crippen LogP) is 2.68. The number of hydrogen-bond acceptors (Lipinski definition) is 6. The van der Waals surface area contributed by atoms with Crippen molar-refractivity contribution in [3.63, 3.8) is 0 Å². The van der Waals surface area contributed by atoms with Crippen molar-refractivity contribution in [2.75, 3.05) is 49.1 Å². The smallest absolute Gasteiger partial charge is 0.243 e. The second-order valence-corrected chi connectivity index (χ2v) is 9.79. The van der Waals surface area contributed by atoms with Crippen LogP contribution in [0.4, 0.5) is 11.6 Å². The Morgan fingerprint density at radius 3 is 1.72 bits per heavy atom. The van der Waals surface area contributed by atoms with Gasteiger partial charge >= 0.3 is 0 Å². The first-order valence-corrected chi connectivity index (χ1v) is 11.9. The number of hydrogen-bond donors (Lipinski definition) is 0. The summed E-state index contributed by atoms with van der Waals surface area (Å²) < 4.78 is 27.3. The zero-order valence-electron chi connectivity index (χ0n) is 17.0. The molecule has 3 heterocycles. The molecule has 2 fully saturated rings. The van der Waals surface area contributed by atoms with Gasteiger partial charge in [0.1, 0.15) is 0 Å². The van der Waals surface area contributed by atoms with E-state index in [0.29, 0.717) is 31.1 Å². The summed E-state index contributed by atoms with van der Waals surface area (Å²) in [5, 5.41) is 8.87. The fourth-order valence-electron chi connectivity index (χ4n) is 3.97. The number of piperazine rings is 1. The molecule has 2 aliphatic heterocycles. The molecule has 0 aliphatic carbocycles. The van der Waals surface area contributed by atoms with Gasteiger partial charge in [-0.05, 0) is 44.0 Å². The van der Waals surface area contributed by atoms with Crippen LogP contribution in [0.1, 0.15) is 31.2 Å². The normalized spacial score (nSPS) is 19.2. The van der Waals surface area contributed by atoms with E-state index < -0.39 is 10.0 Å². The molecule has 0 amide bonds. The summed E-state index contributed by atoms with van der Waals surface area (Å²) in [5.41, 5.74) is 1.05. The molecule has 29 heavy (non-hydrogen) atoms. The maximum absolute atomic E-state index is 12.9. The molecule has 4 rings (SSSR count). The third kappa shape index (κ3) is 4.53. The Morgan fingerprint density at radius 2 is 1.21 bits per heavy atom. The Kier molecular flexibility index (Phi) is 6.01. The molecule has 2 aliphatic rings. The SMILES string of the molecule is Cc1ccc(S(=O)(=O)N2CCN(c3ccc(N4CCCCCC4)nn3)CC2)cc1. The van der Waals surface area contributed by atoms with Crippen molar-refractivity contribution in [2.24, 2.45) is 0 Å². The monoisotopic (exact) mass is 415 g/mol. The van der Waals surface area contributed by atoms with Gasteiger partial charge in [0.05, 0.1) is 4.90 Å². The van der Waals surface area contributed by atoms with E-state index in [4.69, 9.17) is 0 Å². The van der Waals surface area contributed by atoms with Crippen LogP contribution in [0.15, 0.2) is 41.3 Å². The summed E-state index contributed by atoms with van der Waals surface area (Å²) in [7, 11) is -3.45. The van der Waals surface area contributed by atoms with E-state index in [9.17, 15) is 8.42 Å². The number of benzene rings is 1. The van der Waals surface area contributed by atoms with Gasteiger partial charge in [0.15, 0.2) is 11.6 Å². The Balaban J connectivity index is 1.38. The van der Waals surface area contributed by atoms with Crippen molar-refractivity contribution >= 4 is 21.7 Å². The van der Waals surface area contributed by atoms with Crippen LogP contribution in [-0.2, 0) is 10.0 Å². The van der Waals surface area contributed by atoms with E-state index in [1.54, 1.807) is 16.4 Å². The van der Waals surface area contributed by atoms with E-state index in [1.807, 2.05) is 31.2 Å². The zero-order valence-corrected chi connectivity index (χ0v) is 17.8. The lowest BCUT2D eigenvalue weighted by molar-refractivity contribution is 0.383. The molecule has 156 valence electrons. The maximum Gasteiger partial charge on any atom is 0.243 e. The predicted molar refractivity (Wildman–Crippen MR) is 115 cm³/mol. The molecule has 8 heteroatoms. The standard InChI is InChI=1S/C21H29N5O2S/c1-18-6-8-19(9-7-18)29(27,28)26-16-14-25(15-17-26)21-11-10-20(22-23-21)24-12-4-2-3-5-13-24/h6-11H,2-5,12-17H2,1H3. The first-order valence-electron chi connectivity index (χ1n) is 10.4. The second-order valence-electron chi connectivity index (χ2n) is 7.86. The Hall–Kier alpha value is -2.19. The summed E-state index contributed by atoms with van der Waals surface area (Å²) >= 11 is 0. The van der Waals surface area contributed by atoms with Crippen molar-refractivity contribution in [3.05, 3.63) is 42.0 Å². The van der Waals surface area contributed by atoms with Crippen molar-refractivity contribution < 1.29 is 8.42 Å². The molecule has 2 saturated heterocycles. The molecule has 0 saturated carbocycles. The van der Waals surface area contributed by atoms with Gasteiger partial charge < -0.3 is 9.80 Å². The van der Waals surface area contributed by atoms with Crippen LogP contribution in [0, 0.1) is 6.92 Å². The topological polar surface area (TPSA) is 69.6 Å². The number of aromatic nitrogens is 2. The second kappa shape index (κ2) is 8.67. The molecular weight excluding hydrogens is 386 g/mol. The Labute approximate surface area is 173 Å². The van der Waals surface area contributed by atoms with Gasteiger partial charge in [-0.25, -0.2) is 8.42 Å². The molecule has 1 aromatic carbocycles. The number of aryl methyl sites for hydroxylation is 1. The minimum atomic E-state index is -3.45. The van der Waals surface area contributed by atoms with Gasteiger partial charge in [0.2, 0.25) is 10.0 Å². The summed E-state index contributed by atoms with van der Waals surface area (Å²) in [5.74, 6) is 1.76. The molecule has 7 nitrogen and oxygen atoms in total. The largest absolute Gasteiger partial charge is 0.355 e. The molecule has 0 N–H and O–H groups in total. The van der Waals surface area contributed by atoms with Crippen LogP contribution in [-0.4, -0.2) is 62.2 Å². The zero-order chi connectivity index (χ0) is 20.3. The van der Waals surface area contributed by atoms with Crippen LogP contribution >= 0.6 is 0 Å². The number of anilines is 2. The van der Waals surface area contributed by atoms with Crippen LogP contribution in [0.25, 0.3) is 0 Å². The fraction of sp³-hybridized carbons (Fsp3) is 0.524. The molecule has 0 radical (unpaired) electrons. The van der Waals surface area contributed by atoms with Crippen molar-refractivity contribution in [3.8, 4) is 0 Å². The third-order valence-corrected chi connectivity index (χ3v) is 7.70. The van der Waals surface area contributed by atoms with Crippen molar-refractivity contribution in [1.82, 2.24) is 14.5 Å². The van der Waals surface area contributed by atoms with Gasteiger partial charge in [0.25, 0.3) is 0 Å². The summed E-state index contributed by atoms with van der Waals surface area (Å²) in [6, 6.07) is 11.1. The quantitative estimate of drug-likeness (QED) is 0.765. The first-order chi connectivity index (χ1) is 14.0. The summed E-state index contributed by atoms with van der Waals surface area (Å²) in [6.45, 7) is 6.17. The van der Waals surface area contributed by atoms with E-state index in [2.05, 4.69) is 20.0 Å². The average molecular weight is 416 g/mol. The minimum absolute atomic E-state index is 0.359. The maximum atomic E-state index is 12.9. The minimum Gasteiger partial charge on any atom is -0.355 e. The van der Waals surface area contributed by atoms with Gasteiger partial charge in [-0.1, -0.05) is 30.5 Å². The highest BCUT2D eigenvalue weighted by atomic mass is 32.2. The molecule has 0 unspecified atom stereocenters. The Bertz CT molecular complexity index is 899. The highest BCUT2D eigenvalue weighted by molar-refractivity contribution is 7.89. The van der Waals surface area contributed by atoms with E-state index in [1.165, 1.54) is 25.7 Å². The number of rotatable bonds is 4. The van der Waals surface area contributed by atoms with Crippen LogP contribution in [0.2, 0.25) is 0 Å². The lowest BCUT2D eigenvalue weighted by Crippen LogP contribution is -2.49. The number of nitrogens with zero attached hydrogens (tertiary/aromatic N) is 5. The van der Waals surface area contributed by atoms with Crippen LogP contribution in [0.5, 0.6) is 0 Å². The van der Waals surface area contributed by atoms with Gasteiger partial charge in [-0.2, -0.15) is 4.31 Å². The fourth-order valence-corrected chi connectivity index (χ4v) is 5.39. The molecule has 2 aromatic rings. The van der Waals surface area contributed by atoms with Crippen LogP contribution < -0.4 is 9.80 Å². The van der Waals surface area contributed by atoms with Gasteiger partial charge in [0, 0.05) is 39.3 Å². The molecular formula is C21H29N5O2S. The van der Waals surface area contributed by atoms with E-state index in [0.717, 1.165) is 30.3 Å². The molecule has 0 atom stereocenters. The number of sulfonamides is 1. The van der Waals surface area contributed by atoms with Crippen molar-refractivity contribution in [2.45, 2.75) is 37.5 Å². The van der Waals surface area contributed by atoms with E-state index in [-0.39, 0.29) is 0 Å². The highest BCUT2D eigenvalue weighted by Gasteiger charge is 2.29. The van der Waals surface area contributed by atoms with Crippen LogP contribution in [0.3, 0.4) is 0 Å². The van der Waals surface area contributed by atoms with E-state index >= 15 is 0 Å². The van der Waals surface area contributed by atoms with Gasteiger partial charge in [-0.15, -0.1) is 10.2 Å². The first kappa shape index (κ1) is 20.1. The molecule has 1 aromatic heterocycles. The summed E-state index contributed by atoms with van der Waals surface area (Å²) in [6.07, 6.45) is 5.00. The van der Waals surface area contributed by atoms with Crippen molar-refractivity contribution in [1.29, 1.82) is 0 Å². The lowest BCUT2D eigenvalue weighted by Gasteiger charge is -2.34. The van der Waals surface area contributed by atoms with Gasteiger partial charge in [-0.3, -0.25) is 0 Å². The summed E-state index contributed by atoms with van der Waals surface area (Å²) in [4.78, 5) is 4.79. The third-order valence-electron chi connectivity index (χ3n) is 5.79. The average Bonchev–Trinajstić information content (AvgIpc) is 3.04. The molecule has 0 spiro atoms. The Morgan fingerprint density at radius 1 is 0.690 bits per heavy atom. The molecule has 0 bridgehead atoms.